The number of benzene rings is 2. The second-order valence-electron chi connectivity index (χ2n) is 11.1. The molecule has 0 heterocycles. The third kappa shape index (κ3) is 8.08. The van der Waals surface area contributed by atoms with E-state index >= 15 is 0 Å². The molecule has 3 N–H and O–H groups in total. The van der Waals surface area contributed by atoms with Crippen molar-refractivity contribution in [1.29, 1.82) is 0 Å². The summed E-state index contributed by atoms with van der Waals surface area (Å²) < 4.78 is 70.0. The van der Waals surface area contributed by atoms with Crippen LogP contribution in [0.3, 0.4) is 0 Å². The molecular weight excluding hydrogens is 573 g/mol. The molecule has 0 aromatic heterocycles. The number of ether oxygens (including phenoxy) is 1. The topological polar surface area (TPSA) is 96.5 Å². The first kappa shape index (κ1) is 32.1. The zero-order chi connectivity index (χ0) is 30.8. The highest BCUT2D eigenvalue weighted by Gasteiger charge is 2.52. The smallest absolute Gasteiger partial charge is 0.402 e. The van der Waals surface area contributed by atoms with Crippen LogP contribution in [0.2, 0.25) is 5.02 Å². The fourth-order valence-corrected chi connectivity index (χ4v) is 4.09. The van der Waals surface area contributed by atoms with E-state index in [0.717, 1.165) is 20.3 Å². The molecule has 224 valence electrons. The Bertz CT molecular complexity index is 1310. The minimum atomic E-state index is -4.76. The second kappa shape index (κ2) is 12.2. The van der Waals surface area contributed by atoms with Crippen molar-refractivity contribution in [2.75, 3.05) is 18.5 Å². The normalized spacial score (nSPS) is 16.2. The highest BCUT2D eigenvalue weighted by molar-refractivity contribution is 6.34. The molecule has 1 unspecified atom stereocenters. The van der Waals surface area contributed by atoms with E-state index in [4.69, 9.17) is 16.3 Å². The van der Waals surface area contributed by atoms with Crippen molar-refractivity contribution < 1.29 is 41.1 Å². The van der Waals surface area contributed by atoms with Gasteiger partial charge in [-0.15, -0.1) is 0 Å². The Morgan fingerprint density at radius 2 is 1.68 bits per heavy atom. The van der Waals surface area contributed by atoms with Crippen molar-refractivity contribution in [2.45, 2.75) is 53.3 Å². The Morgan fingerprint density at radius 1 is 1.02 bits per heavy atom. The molecule has 2 aromatic carbocycles. The molecule has 1 aliphatic carbocycles. The zero-order valence-corrected chi connectivity index (χ0v) is 23.6. The Labute approximate surface area is 239 Å². The molecule has 1 fully saturated rings. The lowest BCUT2D eigenvalue weighted by atomic mass is 9.91. The van der Waals surface area contributed by atoms with Crippen molar-refractivity contribution in [3.05, 3.63) is 58.1 Å². The van der Waals surface area contributed by atoms with Gasteiger partial charge in [-0.05, 0) is 67.5 Å². The van der Waals surface area contributed by atoms with Gasteiger partial charge < -0.3 is 20.7 Å². The fraction of sp³-hybridized carbons (Fsp3) is 0.464. The molecule has 7 nitrogen and oxygen atoms in total. The second-order valence-corrected chi connectivity index (χ2v) is 11.5. The van der Waals surface area contributed by atoms with E-state index in [2.05, 4.69) is 29.8 Å². The van der Waals surface area contributed by atoms with Crippen LogP contribution in [0.25, 0.3) is 0 Å². The number of alkyl halides is 5. The third-order valence-corrected chi connectivity index (χ3v) is 7.41. The molecule has 3 amide bonds. The Morgan fingerprint density at radius 3 is 2.27 bits per heavy atom. The zero-order valence-electron chi connectivity index (χ0n) is 22.8. The lowest BCUT2D eigenvalue weighted by Crippen LogP contribution is -2.46. The minimum absolute atomic E-state index is 0.0232. The van der Waals surface area contributed by atoms with E-state index < -0.39 is 42.3 Å². The molecule has 2 aromatic rings. The Hall–Kier alpha value is -3.41. The molecule has 3 rings (SSSR count). The molecule has 1 aliphatic rings. The maximum atomic E-state index is 13.1. The van der Waals surface area contributed by atoms with Crippen molar-refractivity contribution in [3.63, 3.8) is 0 Å². The fourth-order valence-electron chi connectivity index (χ4n) is 3.89. The van der Waals surface area contributed by atoms with E-state index in [1.165, 1.54) is 36.4 Å². The molecule has 0 spiro atoms. The molecule has 1 saturated carbocycles. The van der Waals surface area contributed by atoms with Crippen LogP contribution in [0, 0.1) is 16.7 Å². The maximum Gasteiger partial charge on any atom is 0.402 e. The summed E-state index contributed by atoms with van der Waals surface area (Å²) in [6, 6.07) is 8.03. The molecule has 0 saturated heterocycles. The average Bonchev–Trinajstić information content (AvgIpc) is 3.50. The third-order valence-electron chi connectivity index (χ3n) is 7.08. The molecular formula is C28H31ClF5N3O4. The summed E-state index contributed by atoms with van der Waals surface area (Å²) in [5, 5.41) is 7.58. The van der Waals surface area contributed by atoms with E-state index in [1.807, 2.05) is 0 Å². The SMILES string of the molecule is CC1(C)CC1CNC(=O)c1cc(NC(=O)c2cc(CNC(=O)C(C)(C)C(F)(F)F)ccc2Cl)ccc1OCC(F)F. The molecule has 1 atom stereocenters. The van der Waals surface area contributed by atoms with Crippen molar-refractivity contribution >= 4 is 35.0 Å². The lowest BCUT2D eigenvalue weighted by Gasteiger charge is -2.26. The minimum Gasteiger partial charge on any atom is -0.487 e. The molecule has 0 bridgehead atoms. The van der Waals surface area contributed by atoms with Gasteiger partial charge in [0.15, 0.2) is 0 Å². The molecule has 0 radical (unpaired) electrons. The van der Waals surface area contributed by atoms with E-state index in [0.29, 0.717) is 12.1 Å². The predicted molar refractivity (Wildman–Crippen MR) is 143 cm³/mol. The summed E-state index contributed by atoms with van der Waals surface area (Å²) in [4.78, 5) is 38.0. The quantitative estimate of drug-likeness (QED) is 0.266. The number of nitrogens with one attached hydrogen (secondary N) is 3. The number of hydrogen-bond acceptors (Lipinski definition) is 4. The van der Waals surface area contributed by atoms with Gasteiger partial charge >= 0.3 is 6.18 Å². The number of rotatable bonds is 11. The number of hydrogen-bond donors (Lipinski definition) is 3. The predicted octanol–water partition coefficient (Wildman–Crippen LogP) is 6.22. The van der Waals surface area contributed by atoms with Gasteiger partial charge in [0.25, 0.3) is 18.2 Å². The summed E-state index contributed by atoms with van der Waals surface area (Å²) in [6.07, 6.45) is -6.59. The summed E-state index contributed by atoms with van der Waals surface area (Å²) in [5.74, 6) is -2.33. The van der Waals surface area contributed by atoms with Gasteiger partial charge in [-0.1, -0.05) is 31.5 Å². The van der Waals surface area contributed by atoms with Crippen LogP contribution in [-0.4, -0.2) is 43.5 Å². The molecule has 41 heavy (non-hydrogen) atoms. The van der Waals surface area contributed by atoms with E-state index in [9.17, 15) is 36.3 Å². The van der Waals surface area contributed by atoms with Gasteiger partial charge in [0, 0.05) is 18.8 Å². The van der Waals surface area contributed by atoms with E-state index in [-0.39, 0.29) is 45.5 Å². The first-order valence-electron chi connectivity index (χ1n) is 12.7. The lowest BCUT2D eigenvalue weighted by molar-refractivity contribution is -0.211. The van der Waals surface area contributed by atoms with Gasteiger partial charge in [-0.25, -0.2) is 8.78 Å². The summed E-state index contributed by atoms with van der Waals surface area (Å²) in [5.41, 5.74) is -2.18. The van der Waals surface area contributed by atoms with Gasteiger partial charge in [-0.3, -0.25) is 14.4 Å². The first-order valence-corrected chi connectivity index (χ1v) is 13.1. The Balaban J connectivity index is 1.75. The van der Waals surface area contributed by atoms with E-state index in [1.54, 1.807) is 0 Å². The van der Waals surface area contributed by atoms with Crippen molar-refractivity contribution in [2.24, 2.45) is 16.7 Å². The number of carbonyl (C=O) groups excluding carboxylic acids is 3. The summed E-state index contributed by atoms with van der Waals surface area (Å²) >= 11 is 6.18. The van der Waals surface area contributed by atoms with Gasteiger partial charge in [0.2, 0.25) is 5.91 Å². The van der Waals surface area contributed by atoms with Crippen LogP contribution < -0.4 is 20.7 Å². The monoisotopic (exact) mass is 603 g/mol. The Kier molecular flexibility index (Phi) is 9.57. The average molecular weight is 604 g/mol. The highest BCUT2D eigenvalue weighted by atomic mass is 35.5. The van der Waals surface area contributed by atoms with Crippen LogP contribution in [0.5, 0.6) is 5.75 Å². The van der Waals surface area contributed by atoms with Gasteiger partial charge in [-0.2, -0.15) is 13.2 Å². The molecule has 0 aliphatic heterocycles. The number of carbonyl (C=O) groups is 3. The number of halogens is 6. The largest absolute Gasteiger partial charge is 0.487 e. The van der Waals surface area contributed by atoms with Gasteiger partial charge in [0.05, 0.1) is 16.1 Å². The van der Waals surface area contributed by atoms with Gasteiger partial charge in [0.1, 0.15) is 17.8 Å². The summed E-state index contributed by atoms with van der Waals surface area (Å²) in [6.45, 7) is 4.80. The van der Waals surface area contributed by atoms with Crippen LogP contribution in [0.15, 0.2) is 36.4 Å². The summed E-state index contributed by atoms with van der Waals surface area (Å²) in [7, 11) is 0. The number of amides is 3. The van der Waals surface area contributed by atoms with Crippen molar-refractivity contribution in [3.8, 4) is 5.75 Å². The first-order chi connectivity index (χ1) is 18.9. The maximum absolute atomic E-state index is 13.1. The van der Waals surface area contributed by atoms with Crippen LogP contribution in [0.4, 0.5) is 27.6 Å². The van der Waals surface area contributed by atoms with Crippen LogP contribution in [-0.2, 0) is 11.3 Å². The number of anilines is 1. The highest BCUT2D eigenvalue weighted by Crippen LogP contribution is 2.51. The van der Waals surface area contributed by atoms with Crippen LogP contribution >= 0.6 is 11.6 Å². The standard InChI is InChI=1S/C28H31ClF5N3O4/c1-26(2)11-16(26)13-35-23(38)19-10-17(6-8-21(19)41-14-22(30)31)37-24(39)18-9-15(5-7-20(18)29)12-36-25(40)27(3,4)28(32,33)34/h5-10,16,22H,11-14H2,1-4H3,(H,35,38)(H,36,40)(H,37,39). The molecule has 13 heteroatoms. The van der Waals surface area contributed by atoms with Crippen molar-refractivity contribution in [1.82, 2.24) is 10.6 Å². The van der Waals surface area contributed by atoms with Crippen LogP contribution in [0.1, 0.15) is 60.4 Å².